The van der Waals surface area contributed by atoms with Crippen LogP contribution in [-0.4, -0.2) is 4.98 Å². The summed E-state index contributed by atoms with van der Waals surface area (Å²) < 4.78 is 7.91. The number of rotatable bonds is 1. The summed E-state index contributed by atoms with van der Waals surface area (Å²) in [5.74, 6) is 0. The van der Waals surface area contributed by atoms with Crippen molar-refractivity contribution in [1.82, 2.24) is 4.98 Å². The number of hydrogen-bond acceptors (Lipinski definition) is 3. The first-order valence-electron chi connectivity index (χ1n) is 7.36. The molecule has 0 aliphatic carbocycles. The molecule has 4 rings (SSSR count). The molecule has 23 heavy (non-hydrogen) atoms. The van der Waals surface area contributed by atoms with Crippen LogP contribution in [0.1, 0.15) is 11.1 Å². The largest absolute Gasteiger partial charge is 0.438 e. The maximum Gasteiger partial charge on any atom is 0.228 e. The minimum Gasteiger partial charge on any atom is -0.438 e. The van der Waals surface area contributed by atoms with Crippen LogP contribution in [0, 0.1) is 18.3 Å². The first-order chi connectivity index (χ1) is 11.2. The highest BCUT2D eigenvalue weighted by Crippen LogP contribution is 2.34. The highest BCUT2D eigenvalue weighted by atomic mass is 16.3. The molecule has 0 radical (unpaired) electrons. The van der Waals surface area contributed by atoms with E-state index in [-0.39, 0.29) is 0 Å². The molecule has 3 heterocycles. The lowest BCUT2D eigenvalue weighted by atomic mass is 10.0. The third-order valence-electron chi connectivity index (χ3n) is 4.17. The van der Waals surface area contributed by atoms with E-state index in [1.165, 1.54) is 0 Å². The maximum atomic E-state index is 9.37. The smallest absolute Gasteiger partial charge is 0.228 e. The Morgan fingerprint density at radius 3 is 2.87 bits per heavy atom. The molecule has 4 heteroatoms. The predicted molar refractivity (Wildman–Crippen MR) is 87.6 cm³/mol. The molecule has 0 aliphatic rings. The Labute approximate surface area is 133 Å². The van der Waals surface area contributed by atoms with Crippen LogP contribution >= 0.6 is 0 Å². The molecule has 0 spiro atoms. The quantitative estimate of drug-likeness (QED) is 0.504. The molecule has 0 amide bonds. The minimum absolute atomic E-state index is 0.507. The Morgan fingerprint density at radius 2 is 2.09 bits per heavy atom. The molecule has 4 aromatic rings. The predicted octanol–water partition coefficient (Wildman–Crippen LogP) is 3.65. The van der Waals surface area contributed by atoms with E-state index in [0.717, 1.165) is 33.2 Å². The average molecular weight is 300 g/mol. The Balaban J connectivity index is 2.12. The first kappa shape index (κ1) is 13.5. The van der Waals surface area contributed by atoms with E-state index in [2.05, 4.69) is 34.7 Å². The zero-order valence-corrected chi connectivity index (χ0v) is 12.9. The third-order valence-corrected chi connectivity index (χ3v) is 4.17. The molecular formula is C19H14N3O+. The molecule has 4 nitrogen and oxygen atoms in total. The molecule has 0 saturated heterocycles. The Morgan fingerprint density at radius 1 is 1.22 bits per heavy atom. The van der Waals surface area contributed by atoms with Gasteiger partial charge in [-0.05, 0) is 36.8 Å². The highest BCUT2D eigenvalue weighted by Gasteiger charge is 2.17. The number of nitriles is 1. The monoisotopic (exact) mass is 300 g/mol. The summed E-state index contributed by atoms with van der Waals surface area (Å²) in [4.78, 5) is 4.25. The summed E-state index contributed by atoms with van der Waals surface area (Å²) >= 11 is 0. The van der Waals surface area contributed by atoms with E-state index in [9.17, 15) is 5.26 Å². The second-order valence-electron chi connectivity index (χ2n) is 5.61. The van der Waals surface area contributed by atoms with Gasteiger partial charge in [-0.2, -0.15) is 5.26 Å². The summed E-state index contributed by atoms with van der Waals surface area (Å²) in [5, 5.41) is 11.1. The van der Waals surface area contributed by atoms with Gasteiger partial charge < -0.3 is 4.42 Å². The molecule has 0 bridgehead atoms. The third kappa shape index (κ3) is 1.98. The maximum absolute atomic E-state index is 9.37. The summed E-state index contributed by atoms with van der Waals surface area (Å²) in [6.45, 7) is 2.06. The number of benzene rings is 1. The van der Waals surface area contributed by atoms with E-state index >= 15 is 0 Å². The van der Waals surface area contributed by atoms with Crippen molar-refractivity contribution in [1.29, 1.82) is 5.26 Å². The molecule has 0 fully saturated rings. The van der Waals surface area contributed by atoms with Crippen molar-refractivity contribution >= 4 is 22.1 Å². The van der Waals surface area contributed by atoms with Gasteiger partial charge in [-0.25, -0.2) is 9.55 Å². The number of furan rings is 1. The van der Waals surface area contributed by atoms with Gasteiger partial charge in [-0.3, -0.25) is 0 Å². The van der Waals surface area contributed by atoms with Gasteiger partial charge in [0.1, 0.15) is 18.7 Å². The molecule has 1 aromatic carbocycles. The average Bonchev–Trinajstić information content (AvgIpc) is 2.92. The number of hydrogen-bond donors (Lipinski definition) is 0. The first-order valence-corrected chi connectivity index (χ1v) is 7.36. The number of nitrogens with zero attached hydrogens (tertiary/aromatic N) is 3. The van der Waals surface area contributed by atoms with E-state index in [0.29, 0.717) is 11.3 Å². The van der Waals surface area contributed by atoms with Crippen LogP contribution in [0.15, 0.2) is 53.2 Å². The topological polar surface area (TPSA) is 53.7 Å². The summed E-state index contributed by atoms with van der Waals surface area (Å²) in [7, 11) is 2.02. The normalized spacial score (nSPS) is 11.0. The zero-order valence-electron chi connectivity index (χ0n) is 12.9. The van der Waals surface area contributed by atoms with Crippen molar-refractivity contribution in [2.24, 2.45) is 7.05 Å². The fourth-order valence-electron chi connectivity index (χ4n) is 3.02. The molecular weight excluding hydrogens is 286 g/mol. The lowest BCUT2D eigenvalue weighted by Gasteiger charge is -2.04. The molecule has 110 valence electrons. The number of aromatic nitrogens is 2. The Hall–Kier alpha value is -3.19. The van der Waals surface area contributed by atoms with Crippen molar-refractivity contribution in [3.63, 3.8) is 0 Å². The standard InChI is InChI=1S/C19H14N3O/c1-12-9-17-15(10-14(12)16-5-3-4-8-22(16)2)18-13(11-20)6-7-21-19(18)23-17/h3-10H,1-2H3/q+1. The molecule has 0 unspecified atom stereocenters. The molecule has 0 atom stereocenters. The Kier molecular flexibility index (Phi) is 2.88. The molecule has 0 aliphatic heterocycles. The van der Waals surface area contributed by atoms with E-state index in [1.54, 1.807) is 12.3 Å². The van der Waals surface area contributed by atoms with Gasteiger partial charge in [0, 0.05) is 29.3 Å². The van der Waals surface area contributed by atoms with Gasteiger partial charge in [0.25, 0.3) is 0 Å². The molecule has 0 N–H and O–H groups in total. The van der Waals surface area contributed by atoms with Gasteiger partial charge in [0.15, 0.2) is 6.20 Å². The zero-order chi connectivity index (χ0) is 16.0. The van der Waals surface area contributed by atoms with Crippen LogP contribution in [-0.2, 0) is 7.05 Å². The fraction of sp³-hybridized carbons (Fsp3) is 0.105. The van der Waals surface area contributed by atoms with Gasteiger partial charge in [-0.15, -0.1) is 0 Å². The highest BCUT2D eigenvalue weighted by molar-refractivity contribution is 6.08. The summed E-state index contributed by atoms with van der Waals surface area (Å²) in [5.41, 5.74) is 5.21. The lowest BCUT2D eigenvalue weighted by Crippen LogP contribution is -2.30. The van der Waals surface area contributed by atoms with Crippen molar-refractivity contribution in [3.05, 3.63) is 59.9 Å². The van der Waals surface area contributed by atoms with Gasteiger partial charge in [0.2, 0.25) is 11.4 Å². The van der Waals surface area contributed by atoms with Crippen LogP contribution in [0.2, 0.25) is 0 Å². The van der Waals surface area contributed by atoms with E-state index in [4.69, 9.17) is 4.42 Å². The van der Waals surface area contributed by atoms with Gasteiger partial charge in [0.05, 0.1) is 10.9 Å². The molecule has 3 aromatic heterocycles. The second-order valence-corrected chi connectivity index (χ2v) is 5.61. The minimum atomic E-state index is 0.507. The van der Waals surface area contributed by atoms with Gasteiger partial charge >= 0.3 is 0 Å². The summed E-state index contributed by atoms with van der Waals surface area (Å²) in [6.07, 6.45) is 3.63. The Bertz CT molecular complexity index is 1100. The fourth-order valence-corrected chi connectivity index (χ4v) is 3.02. The van der Waals surface area contributed by atoms with Gasteiger partial charge in [-0.1, -0.05) is 0 Å². The van der Waals surface area contributed by atoms with Crippen molar-refractivity contribution in [2.45, 2.75) is 6.92 Å². The van der Waals surface area contributed by atoms with Crippen LogP contribution in [0.25, 0.3) is 33.3 Å². The van der Waals surface area contributed by atoms with Crippen molar-refractivity contribution < 1.29 is 8.98 Å². The van der Waals surface area contributed by atoms with Crippen molar-refractivity contribution in [2.75, 3.05) is 0 Å². The SMILES string of the molecule is Cc1cc2oc3nccc(C#N)c3c2cc1-c1cccc[n+]1C. The van der Waals surface area contributed by atoms with E-state index in [1.807, 2.05) is 31.4 Å². The van der Waals surface area contributed by atoms with Crippen LogP contribution in [0.5, 0.6) is 0 Å². The van der Waals surface area contributed by atoms with Crippen molar-refractivity contribution in [3.8, 4) is 17.3 Å². The second kappa shape index (κ2) is 4.92. The molecule has 0 saturated carbocycles. The summed E-state index contributed by atoms with van der Waals surface area (Å²) in [6, 6.07) is 14.2. The van der Waals surface area contributed by atoms with Crippen LogP contribution in [0.4, 0.5) is 0 Å². The van der Waals surface area contributed by atoms with E-state index < -0.39 is 0 Å². The van der Waals surface area contributed by atoms with Crippen LogP contribution < -0.4 is 4.57 Å². The number of fused-ring (bicyclic) bond motifs is 3. The van der Waals surface area contributed by atoms with Crippen LogP contribution in [0.3, 0.4) is 0 Å². The number of aryl methyl sites for hydroxylation is 2. The number of pyridine rings is 2. The lowest BCUT2D eigenvalue weighted by molar-refractivity contribution is -0.660.